The zero-order valence-electron chi connectivity index (χ0n) is 8.25. The molecule has 0 aromatic rings. The number of ether oxygens (including phenoxy) is 2. The average Bonchev–Trinajstić information content (AvgIpc) is 2.04. The minimum absolute atomic E-state index is 0.560. The van der Waals surface area contributed by atoms with Crippen LogP contribution >= 0.6 is 12.6 Å². The number of rotatable bonds is 7. The third-order valence-corrected chi connectivity index (χ3v) is 2.41. The van der Waals surface area contributed by atoms with Crippen molar-refractivity contribution in [2.45, 2.75) is 13.8 Å². The molecule has 0 heterocycles. The highest BCUT2D eigenvalue weighted by molar-refractivity contribution is 7.80. The van der Waals surface area contributed by atoms with Gasteiger partial charge < -0.3 is 9.47 Å². The van der Waals surface area contributed by atoms with Gasteiger partial charge in [0.15, 0.2) is 0 Å². The Kier molecular flexibility index (Phi) is 8.07. The Labute approximate surface area is 81.0 Å². The summed E-state index contributed by atoms with van der Waals surface area (Å²) in [4.78, 5) is 0. The molecule has 0 aliphatic carbocycles. The molecule has 1 unspecified atom stereocenters. The summed E-state index contributed by atoms with van der Waals surface area (Å²) in [7, 11) is 1.68. The van der Waals surface area contributed by atoms with Crippen LogP contribution in [0.2, 0.25) is 0 Å². The lowest BCUT2D eigenvalue weighted by atomic mass is 9.99. The van der Waals surface area contributed by atoms with Gasteiger partial charge in [-0.15, -0.1) is 0 Å². The van der Waals surface area contributed by atoms with E-state index in [1.54, 1.807) is 7.11 Å². The zero-order valence-corrected chi connectivity index (χ0v) is 9.14. The van der Waals surface area contributed by atoms with Gasteiger partial charge in [-0.05, 0) is 17.6 Å². The van der Waals surface area contributed by atoms with Gasteiger partial charge in [-0.25, -0.2) is 0 Å². The predicted molar refractivity (Wildman–Crippen MR) is 54.9 cm³/mol. The molecule has 2 nitrogen and oxygen atoms in total. The van der Waals surface area contributed by atoms with Crippen LogP contribution in [0, 0.1) is 11.8 Å². The molecule has 0 aromatic heterocycles. The zero-order chi connectivity index (χ0) is 9.40. The maximum atomic E-state index is 5.41. The number of methoxy groups -OCH3 is 1. The SMILES string of the molecule is COCCOCC(CS)C(C)C. The van der Waals surface area contributed by atoms with Crippen molar-refractivity contribution in [2.75, 3.05) is 32.7 Å². The second-order valence-corrected chi connectivity index (χ2v) is 3.62. The Bertz CT molecular complexity index is 96.5. The predicted octanol–water partition coefficient (Wildman–Crippen LogP) is 1.85. The third-order valence-electron chi connectivity index (χ3n) is 1.94. The van der Waals surface area contributed by atoms with Crippen molar-refractivity contribution in [1.29, 1.82) is 0 Å². The highest BCUT2D eigenvalue weighted by atomic mass is 32.1. The summed E-state index contributed by atoms with van der Waals surface area (Å²) < 4.78 is 10.3. The number of thiol groups is 1. The smallest absolute Gasteiger partial charge is 0.0700 e. The molecule has 0 saturated carbocycles. The minimum atomic E-state index is 0.560. The molecule has 0 N–H and O–H groups in total. The van der Waals surface area contributed by atoms with Gasteiger partial charge in [0.2, 0.25) is 0 Å². The monoisotopic (exact) mass is 192 g/mol. The molecular weight excluding hydrogens is 172 g/mol. The van der Waals surface area contributed by atoms with Crippen molar-refractivity contribution < 1.29 is 9.47 Å². The van der Waals surface area contributed by atoms with Crippen molar-refractivity contribution in [1.82, 2.24) is 0 Å². The maximum absolute atomic E-state index is 5.41. The Morgan fingerprint density at radius 3 is 2.33 bits per heavy atom. The maximum Gasteiger partial charge on any atom is 0.0700 e. The van der Waals surface area contributed by atoms with Crippen LogP contribution in [0.4, 0.5) is 0 Å². The third kappa shape index (κ3) is 5.86. The molecule has 0 amide bonds. The van der Waals surface area contributed by atoms with Crippen LogP contribution in [0.25, 0.3) is 0 Å². The summed E-state index contributed by atoms with van der Waals surface area (Å²) in [6, 6.07) is 0. The summed E-state index contributed by atoms with van der Waals surface area (Å²) in [5, 5.41) is 0. The van der Waals surface area contributed by atoms with E-state index in [0.29, 0.717) is 25.0 Å². The van der Waals surface area contributed by atoms with E-state index in [1.165, 1.54) is 0 Å². The van der Waals surface area contributed by atoms with Crippen LogP contribution in [0.5, 0.6) is 0 Å². The second-order valence-electron chi connectivity index (χ2n) is 3.25. The quantitative estimate of drug-likeness (QED) is 0.490. The molecule has 1 atom stereocenters. The van der Waals surface area contributed by atoms with E-state index in [4.69, 9.17) is 9.47 Å². The first-order chi connectivity index (χ1) is 5.72. The van der Waals surface area contributed by atoms with Crippen molar-refractivity contribution in [3.05, 3.63) is 0 Å². The normalized spacial score (nSPS) is 13.8. The van der Waals surface area contributed by atoms with E-state index in [0.717, 1.165) is 12.4 Å². The summed E-state index contributed by atoms with van der Waals surface area (Å²) in [6.07, 6.45) is 0. The van der Waals surface area contributed by atoms with Crippen LogP contribution in [-0.4, -0.2) is 32.7 Å². The van der Waals surface area contributed by atoms with Crippen LogP contribution in [0.3, 0.4) is 0 Å². The summed E-state index contributed by atoms with van der Waals surface area (Å²) in [5.74, 6) is 2.10. The first-order valence-corrected chi connectivity index (χ1v) is 5.03. The lowest BCUT2D eigenvalue weighted by Gasteiger charge is -2.18. The first-order valence-electron chi connectivity index (χ1n) is 4.40. The van der Waals surface area contributed by atoms with Crippen molar-refractivity contribution >= 4 is 12.6 Å². The molecule has 0 bridgehead atoms. The number of hydrogen-bond acceptors (Lipinski definition) is 3. The fourth-order valence-electron chi connectivity index (χ4n) is 0.833. The highest BCUT2D eigenvalue weighted by Crippen LogP contribution is 2.12. The van der Waals surface area contributed by atoms with Gasteiger partial charge in [0, 0.05) is 7.11 Å². The molecule has 0 saturated heterocycles. The van der Waals surface area contributed by atoms with Crippen molar-refractivity contribution in [3.63, 3.8) is 0 Å². The van der Waals surface area contributed by atoms with Gasteiger partial charge in [-0.2, -0.15) is 12.6 Å². The van der Waals surface area contributed by atoms with Crippen LogP contribution in [0.1, 0.15) is 13.8 Å². The lowest BCUT2D eigenvalue weighted by Crippen LogP contribution is -2.18. The lowest BCUT2D eigenvalue weighted by molar-refractivity contribution is 0.0472. The van der Waals surface area contributed by atoms with Crippen molar-refractivity contribution in [3.8, 4) is 0 Å². The van der Waals surface area contributed by atoms with E-state index in [9.17, 15) is 0 Å². The summed E-state index contributed by atoms with van der Waals surface area (Å²) in [6.45, 7) is 6.55. The van der Waals surface area contributed by atoms with Gasteiger partial charge in [-0.1, -0.05) is 13.8 Å². The Morgan fingerprint density at radius 2 is 1.92 bits per heavy atom. The molecule has 74 valence electrons. The first kappa shape index (κ1) is 12.3. The second kappa shape index (κ2) is 7.90. The van der Waals surface area contributed by atoms with Gasteiger partial charge in [-0.3, -0.25) is 0 Å². The summed E-state index contributed by atoms with van der Waals surface area (Å²) in [5.41, 5.74) is 0. The molecule has 3 heteroatoms. The average molecular weight is 192 g/mol. The minimum Gasteiger partial charge on any atom is -0.382 e. The molecular formula is C9H20O2S. The van der Waals surface area contributed by atoms with Crippen LogP contribution in [-0.2, 0) is 9.47 Å². The molecule has 0 fully saturated rings. The topological polar surface area (TPSA) is 18.5 Å². The molecule has 0 spiro atoms. The van der Waals surface area contributed by atoms with Gasteiger partial charge in [0.05, 0.1) is 19.8 Å². The van der Waals surface area contributed by atoms with Crippen LogP contribution < -0.4 is 0 Å². The van der Waals surface area contributed by atoms with Crippen molar-refractivity contribution in [2.24, 2.45) is 11.8 Å². The highest BCUT2D eigenvalue weighted by Gasteiger charge is 2.10. The molecule has 0 radical (unpaired) electrons. The molecule has 12 heavy (non-hydrogen) atoms. The van der Waals surface area contributed by atoms with E-state index in [-0.39, 0.29) is 0 Å². The summed E-state index contributed by atoms with van der Waals surface area (Å²) >= 11 is 4.27. The van der Waals surface area contributed by atoms with Gasteiger partial charge in [0.25, 0.3) is 0 Å². The molecule has 0 rings (SSSR count). The van der Waals surface area contributed by atoms with Gasteiger partial charge >= 0.3 is 0 Å². The largest absolute Gasteiger partial charge is 0.382 e. The fraction of sp³-hybridized carbons (Fsp3) is 1.00. The van der Waals surface area contributed by atoms with Gasteiger partial charge in [0.1, 0.15) is 0 Å². The van der Waals surface area contributed by atoms with E-state index in [1.807, 2.05) is 0 Å². The molecule has 0 aliphatic rings. The Morgan fingerprint density at radius 1 is 1.25 bits per heavy atom. The Balaban J connectivity index is 3.32. The van der Waals surface area contributed by atoms with Crippen LogP contribution in [0.15, 0.2) is 0 Å². The molecule has 0 aliphatic heterocycles. The fourth-order valence-corrected chi connectivity index (χ4v) is 1.36. The van der Waals surface area contributed by atoms with E-state index < -0.39 is 0 Å². The standard InChI is InChI=1S/C9H20O2S/c1-8(2)9(7-12)6-11-5-4-10-3/h8-9,12H,4-7H2,1-3H3. The molecule has 0 aromatic carbocycles. The van der Waals surface area contributed by atoms with E-state index >= 15 is 0 Å². The van der Waals surface area contributed by atoms with E-state index in [2.05, 4.69) is 26.5 Å². The Hall–Kier alpha value is 0.270. The number of hydrogen-bond donors (Lipinski definition) is 1.